The van der Waals surface area contributed by atoms with Gasteiger partial charge in [0, 0.05) is 10.7 Å². The monoisotopic (exact) mass is 378 g/mol. The van der Waals surface area contributed by atoms with Gasteiger partial charge in [-0.15, -0.1) is 0 Å². The zero-order chi connectivity index (χ0) is 15.6. The minimum Gasteiger partial charge on any atom is -0.308 e. The van der Waals surface area contributed by atoms with E-state index in [1.807, 2.05) is 4.72 Å². The predicted octanol–water partition coefficient (Wildman–Crippen LogP) is 2.21. The molecule has 0 aliphatic rings. The summed E-state index contributed by atoms with van der Waals surface area (Å²) < 4.78 is 53.4. The third-order valence-electron chi connectivity index (χ3n) is 2.44. The molecule has 0 amide bonds. The number of benzene rings is 1. The molecular weight excluding hydrogens is 370 g/mol. The number of nitrogens with two attached hydrogens (primary N) is 1. The van der Waals surface area contributed by atoms with Crippen molar-refractivity contribution in [2.45, 2.75) is 4.90 Å². The number of rotatable bonds is 4. The number of hydrogen-bond donors (Lipinski definition) is 3. The van der Waals surface area contributed by atoms with Crippen molar-refractivity contribution in [1.82, 2.24) is 4.98 Å². The van der Waals surface area contributed by atoms with Gasteiger partial charge >= 0.3 is 0 Å². The topological polar surface area (TPSA) is 97.1 Å². The van der Waals surface area contributed by atoms with Crippen molar-refractivity contribution in [2.24, 2.45) is 5.84 Å². The fourth-order valence-corrected chi connectivity index (χ4v) is 2.88. The predicted molar refractivity (Wildman–Crippen MR) is 76.9 cm³/mol. The lowest BCUT2D eigenvalue weighted by atomic mass is 10.3. The number of anilines is 2. The minimum atomic E-state index is -4.17. The van der Waals surface area contributed by atoms with E-state index in [2.05, 4.69) is 26.3 Å². The number of pyridine rings is 1. The Morgan fingerprint density at radius 1 is 1.19 bits per heavy atom. The Balaban J connectivity index is 2.37. The smallest absolute Gasteiger partial charge is 0.263 e. The molecule has 0 atom stereocenters. The zero-order valence-electron chi connectivity index (χ0n) is 10.3. The van der Waals surface area contributed by atoms with E-state index in [0.717, 1.165) is 18.3 Å². The standard InChI is InChI=1S/C11H9BrF2N4O2S/c12-6-3-8(13)11(9(14)4-6)18-21(19,20)7-1-2-10(17-15)16-5-7/h1-5,18H,15H2,(H,16,17). The van der Waals surface area contributed by atoms with Crippen LogP contribution in [0.5, 0.6) is 0 Å². The van der Waals surface area contributed by atoms with Crippen LogP contribution in [0.3, 0.4) is 0 Å². The quantitative estimate of drug-likeness (QED) is 0.559. The molecule has 0 aliphatic carbocycles. The molecule has 6 nitrogen and oxygen atoms in total. The van der Waals surface area contributed by atoms with Crippen molar-refractivity contribution in [3.63, 3.8) is 0 Å². The highest BCUT2D eigenvalue weighted by molar-refractivity contribution is 9.10. The highest BCUT2D eigenvalue weighted by atomic mass is 79.9. The fourth-order valence-electron chi connectivity index (χ4n) is 1.46. The number of halogens is 3. The van der Waals surface area contributed by atoms with Gasteiger partial charge in [-0.3, -0.25) is 4.72 Å². The Morgan fingerprint density at radius 2 is 1.81 bits per heavy atom. The van der Waals surface area contributed by atoms with Crippen LogP contribution in [0.2, 0.25) is 0 Å². The molecule has 0 aliphatic heterocycles. The Kier molecular flexibility index (Phi) is 4.40. The third kappa shape index (κ3) is 3.46. The summed E-state index contributed by atoms with van der Waals surface area (Å²) >= 11 is 2.90. The molecule has 10 heteroatoms. The summed E-state index contributed by atoms with van der Waals surface area (Å²) in [4.78, 5) is 3.45. The first-order chi connectivity index (χ1) is 9.83. The van der Waals surface area contributed by atoms with Crippen LogP contribution in [0.4, 0.5) is 20.3 Å². The molecule has 4 N–H and O–H groups in total. The van der Waals surface area contributed by atoms with E-state index in [4.69, 9.17) is 5.84 Å². The number of nitrogens with zero attached hydrogens (tertiary/aromatic N) is 1. The number of sulfonamides is 1. The van der Waals surface area contributed by atoms with Gasteiger partial charge in [-0.1, -0.05) is 15.9 Å². The Hall–Kier alpha value is -1.78. The second-order valence-corrected chi connectivity index (χ2v) is 6.47. The Morgan fingerprint density at radius 3 is 2.29 bits per heavy atom. The van der Waals surface area contributed by atoms with Crippen molar-refractivity contribution in [3.05, 3.63) is 46.6 Å². The van der Waals surface area contributed by atoms with E-state index in [-0.39, 0.29) is 15.2 Å². The van der Waals surface area contributed by atoms with Gasteiger partial charge in [0.25, 0.3) is 10.0 Å². The summed E-state index contributed by atoms with van der Waals surface area (Å²) in [5.41, 5.74) is 1.46. The van der Waals surface area contributed by atoms with Crippen LogP contribution in [0.1, 0.15) is 0 Å². The number of aromatic nitrogens is 1. The summed E-state index contributed by atoms with van der Waals surface area (Å²) in [6.07, 6.45) is 1.01. The summed E-state index contributed by atoms with van der Waals surface area (Å²) in [7, 11) is -4.17. The SMILES string of the molecule is NNc1ccc(S(=O)(=O)Nc2c(F)cc(Br)cc2F)cn1. The van der Waals surface area contributed by atoms with Crippen LogP contribution in [0.15, 0.2) is 39.8 Å². The molecule has 0 bridgehead atoms. The highest BCUT2D eigenvalue weighted by Gasteiger charge is 2.20. The third-order valence-corrected chi connectivity index (χ3v) is 4.23. The fraction of sp³-hybridized carbons (Fsp3) is 0. The molecule has 0 fully saturated rings. The van der Waals surface area contributed by atoms with Crippen molar-refractivity contribution >= 4 is 37.5 Å². The average molecular weight is 379 g/mol. The maximum atomic E-state index is 13.6. The van der Waals surface area contributed by atoms with Crippen molar-refractivity contribution in [3.8, 4) is 0 Å². The molecule has 0 radical (unpaired) electrons. The largest absolute Gasteiger partial charge is 0.308 e. The van der Waals surface area contributed by atoms with E-state index >= 15 is 0 Å². The highest BCUT2D eigenvalue weighted by Crippen LogP contribution is 2.26. The van der Waals surface area contributed by atoms with Gasteiger partial charge in [-0.05, 0) is 24.3 Å². The first-order valence-electron chi connectivity index (χ1n) is 5.43. The molecule has 0 spiro atoms. The second kappa shape index (κ2) is 5.92. The van der Waals surface area contributed by atoms with Crippen LogP contribution in [-0.4, -0.2) is 13.4 Å². The number of nitrogens with one attached hydrogen (secondary N) is 2. The molecule has 21 heavy (non-hydrogen) atoms. The molecule has 2 aromatic rings. The van der Waals surface area contributed by atoms with Crippen molar-refractivity contribution in [1.29, 1.82) is 0 Å². The Labute approximate surface area is 127 Å². The second-order valence-electron chi connectivity index (χ2n) is 3.87. The average Bonchev–Trinajstić information content (AvgIpc) is 2.43. The molecule has 112 valence electrons. The lowest BCUT2D eigenvalue weighted by molar-refractivity contribution is 0.581. The van der Waals surface area contributed by atoms with Gasteiger partial charge in [-0.25, -0.2) is 28.0 Å². The summed E-state index contributed by atoms with van der Waals surface area (Å²) in [6, 6.07) is 4.39. The molecular formula is C11H9BrF2N4O2S. The molecule has 1 aromatic carbocycles. The zero-order valence-corrected chi connectivity index (χ0v) is 12.7. The maximum absolute atomic E-state index is 13.6. The van der Waals surface area contributed by atoms with Gasteiger partial charge in [-0.2, -0.15) is 0 Å². The van der Waals surface area contributed by atoms with Crippen LogP contribution >= 0.6 is 15.9 Å². The van der Waals surface area contributed by atoms with Gasteiger partial charge in [0.1, 0.15) is 16.4 Å². The first-order valence-corrected chi connectivity index (χ1v) is 7.71. The van der Waals surface area contributed by atoms with Crippen LogP contribution in [-0.2, 0) is 10.0 Å². The normalized spacial score (nSPS) is 11.2. The first kappa shape index (κ1) is 15.6. The summed E-state index contributed by atoms with van der Waals surface area (Å²) in [5.74, 6) is 3.26. The molecule has 0 saturated heterocycles. The van der Waals surface area contributed by atoms with Crippen LogP contribution in [0.25, 0.3) is 0 Å². The maximum Gasteiger partial charge on any atom is 0.263 e. The lowest BCUT2D eigenvalue weighted by Crippen LogP contribution is -2.16. The van der Waals surface area contributed by atoms with E-state index in [1.165, 1.54) is 12.1 Å². The van der Waals surface area contributed by atoms with Gasteiger partial charge in [0.15, 0.2) is 11.6 Å². The van der Waals surface area contributed by atoms with Crippen molar-refractivity contribution < 1.29 is 17.2 Å². The number of nitrogen functional groups attached to an aromatic ring is 1. The van der Waals surface area contributed by atoms with Crippen LogP contribution < -0.4 is 16.0 Å². The number of hydrazine groups is 1. The summed E-state index contributed by atoms with van der Waals surface area (Å²) in [6.45, 7) is 0. The summed E-state index contributed by atoms with van der Waals surface area (Å²) in [5, 5.41) is 0. The van der Waals surface area contributed by atoms with Crippen molar-refractivity contribution in [2.75, 3.05) is 10.1 Å². The van der Waals surface area contributed by atoms with E-state index in [0.29, 0.717) is 0 Å². The van der Waals surface area contributed by atoms with Gasteiger partial charge in [0.05, 0.1) is 0 Å². The molecule has 0 unspecified atom stereocenters. The molecule has 2 rings (SSSR count). The minimum absolute atomic E-state index is 0.153. The number of hydrogen-bond acceptors (Lipinski definition) is 5. The lowest BCUT2D eigenvalue weighted by Gasteiger charge is -2.10. The van der Waals surface area contributed by atoms with Crippen LogP contribution in [0, 0.1) is 11.6 Å². The van der Waals surface area contributed by atoms with E-state index in [9.17, 15) is 17.2 Å². The molecule has 0 saturated carbocycles. The van der Waals surface area contributed by atoms with Gasteiger partial charge in [0.2, 0.25) is 0 Å². The van der Waals surface area contributed by atoms with E-state index < -0.39 is 27.3 Å². The van der Waals surface area contributed by atoms with Gasteiger partial charge < -0.3 is 5.43 Å². The van der Waals surface area contributed by atoms with E-state index in [1.54, 1.807) is 0 Å². The molecule has 1 heterocycles. The Bertz CT molecular complexity index is 745. The molecule has 1 aromatic heterocycles.